The molecular formula is C10H15BN2O3. The molecule has 2 N–H and O–H groups in total. The van der Waals surface area contributed by atoms with Crippen molar-refractivity contribution in [1.29, 1.82) is 0 Å². The number of nitrogens with zero attached hydrogens (tertiary/aromatic N) is 2. The van der Waals surface area contributed by atoms with Crippen LogP contribution >= 0.6 is 0 Å². The van der Waals surface area contributed by atoms with E-state index in [9.17, 15) is 5.02 Å². The van der Waals surface area contributed by atoms with Crippen molar-refractivity contribution < 1.29 is 14.9 Å². The minimum absolute atomic E-state index is 0.0708. The molecule has 0 radical (unpaired) electrons. The van der Waals surface area contributed by atoms with E-state index in [1.165, 1.54) is 0 Å². The van der Waals surface area contributed by atoms with Crippen LogP contribution in [0.2, 0.25) is 6.82 Å². The third-order valence-corrected chi connectivity index (χ3v) is 2.58. The summed E-state index contributed by atoms with van der Waals surface area (Å²) in [7, 11) is -0.584. The molecule has 0 unspecified atom stereocenters. The highest BCUT2D eigenvalue weighted by atomic mass is 16.5. The second kappa shape index (κ2) is 4.72. The van der Waals surface area contributed by atoms with Crippen LogP contribution in [0.4, 0.5) is 5.82 Å². The van der Waals surface area contributed by atoms with E-state index in [1.807, 2.05) is 12.1 Å². The Morgan fingerprint density at radius 2 is 2.38 bits per heavy atom. The Balaban J connectivity index is 2.32. The monoisotopic (exact) mass is 222 g/mol. The van der Waals surface area contributed by atoms with Gasteiger partial charge in [0.25, 0.3) is 0 Å². The quantitative estimate of drug-likeness (QED) is 0.700. The normalized spacial score (nSPS) is 14.3. The summed E-state index contributed by atoms with van der Waals surface area (Å²) in [6, 6.07) is 3.67. The second-order valence-electron chi connectivity index (χ2n) is 3.77. The van der Waals surface area contributed by atoms with Crippen molar-refractivity contribution in [2.45, 2.75) is 13.2 Å². The molecule has 16 heavy (non-hydrogen) atoms. The number of fused-ring (bicyclic) bond motifs is 1. The van der Waals surface area contributed by atoms with Crippen molar-refractivity contribution in [2.75, 3.05) is 24.6 Å². The predicted octanol–water partition coefficient (Wildman–Crippen LogP) is -0.0745. The zero-order valence-corrected chi connectivity index (χ0v) is 9.26. The summed E-state index contributed by atoms with van der Waals surface area (Å²) >= 11 is 0. The Kier molecular flexibility index (Phi) is 3.31. The van der Waals surface area contributed by atoms with Gasteiger partial charge in [0.1, 0.15) is 6.61 Å². The molecule has 0 spiro atoms. The average molecular weight is 222 g/mol. The largest absolute Gasteiger partial charge is 0.488 e. The molecule has 1 aromatic rings. The fraction of sp³-hybridized carbons (Fsp3) is 0.500. The minimum Gasteiger partial charge on any atom is -0.488 e. The second-order valence-corrected chi connectivity index (χ2v) is 3.77. The molecule has 0 atom stereocenters. The number of anilines is 1. The van der Waals surface area contributed by atoms with Crippen LogP contribution in [0.25, 0.3) is 0 Å². The van der Waals surface area contributed by atoms with Gasteiger partial charge in [-0.3, -0.25) is 0 Å². The average Bonchev–Trinajstić information content (AvgIpc) is 2.28. The summed E-state index contributed by atoms with van der Waals surface area (Å²) in [6.07, 6.45) is 0.515. The molecule has 1 aromatic heterocycles. The molecule has 0 fully saturated rings. The highest BCUT2D eigenvalue weighted by Crippen LogP contribution is 2.29. The van der Waals surface area contributed by atoms with E-state index in [2.05, 4.69) is 4.98 Å². The van der Waals surface area contributed by atoms with Gasteiger partial charge in [-0.1, -0.05) is 0 Å². The van der Waals surface area contributed by atoms with Gasteiger partial charge < -0.3 is 19.7 Å². The van der Waals surface area contributed by atoms with E-state index in [0.717, 1.165) is 5.69 Å². The molecule has 1 aliphatic rings. The van der Waals surface area contributed by atoms with E-state index >= 15 is 0 Å². The lowest BCUT2D eigenvalue weighted by molar-refractivity contribution is 0.296. The molecule has 86 valence electrons. The van der Waals surface area contributed by atoms with Crippen molar-refractivity contribution in [3.8, 4) is 5.75 Å². The molecular weight excluding hydrogens is 207 g/mol. The fourth-order valence-electron chi connectivity index (χ4n) is 1.77. The summed E-state index contributed by atoms with van der Waals surface area (Å²) in [5.41, 5.74) is 0.803. The predicted molar refractivity (Wildman–Crippen MR) is 61.7 cm³/mol. The molecule has 6 heteroatoms. The first-order chi connectivity index (χ1) is 7.72. The van der Waals surface area contributed by atoms with E-state index < -0.39 is 7.05 Å². The molecule has 0 amide bonds. The maximum Gasteiger partial charge on any atom is 0.410 e. The Morgan fingerprint density at radius 1 is 1.56 bits per heavy atom. The topological polar surface area (TPSA) is 65.8 Å². The standard InChI is InChI=1S/C10H15BN2O3/c1-11(15)13-5-7-16-9-3-2-8(4-6-14)12-10(9)13/h2-3,14-15H,4-7H2,1H3. The smallest absolute Gasteiger partial charge is 0.410 e. The van der Waals surface area contributed by atoms with Crippen LogP contribution in [-0.2, 0) is 6.42 Å². The van der Waals surface area contributed by atoms with Crippen molar-refractivity contribution in [3.05, 3.63) is 17.8 Å². The number of aromatic nitrogens is 1. The molecule has 2 heterocycles. The van der Waals surface area contributed by atoms with Crippen LogP contribution in [0.5, 0.6) is 5.75 Å². The summed E-state index contributed by atoms with van der Waals surface area (Å²) in [5, 5.41) is 18.5. The Bertz CT molecular complexity index is 373. The Labute approximate surface area is 94.8 Å². The van der Waals surface area contributed by atoms with Gasteiger partial charge in [0.15, 0.2) is 11.6 Å². The van der Waals surface area contributed by atoms with Crippen molar-refractivity contribution >= 4 is 12.9 Å². The summed E-state index contributed by atoms with van der Waals surface area (Å²) in [6.45, 7) is 2.95. The van der Waals surface area contributed by atoms with E-state index in [0.29, 0.717) is 31.1 Å². The fourth-order valence-corrected chi connectivity index (χ4v) is 1.77. The molecule has 1 aliphatic heterocycles. The number of pyridine rings is 1. The van der Waals surface area contributed by atoms with Crippen LogP contribution in [0.3, 0.4) is 0 Å². The van der Waals surface area contributed by atoms with Crippen LogP contribution in [0, 0.1) is 0 Å². The molecule has 0 aliphatic carbocycles. The maximum absolute atomic E-state index is 9.63. The van der Waals surface area contributed by atoms with Gasteiger partial charge in [0.2, 0.25) is 0 Å². The number of hydrogen-bond donors (Lipinski definition) is 2. The van der Waals surface area contributed by atoms with Gasteiger partial charge >= 0.3 is 7.05 Å². The van der Waals surface area contributed by atoms with Crippen LogP contribution in [0.1, 0.15) is 5.69 Å². The lowest BCUT2D eigenvalue weighted by Gasteiger charge is -2.31. The first-order valence-corrected chi connectivity index (χ1v) is 5.40. The third-order valence-electron chi connectivity index (χ3n) is 2.58. The van der Waals surface area contributed by atoms with Crippen molar-refractivity contribution in [1.82, 2.24) is 4.98 Å². The number of hydrogen-bond acceptors (Lipinski definition) is 5. The van der Waals surface area contributed by atoms with Gasteiger partial charge in [-0.05, 0) is 19.0 Å². The first-order valence-electron chi connectivity index (χ1n) is 5.40. The van der Waals surface area contributed by atoms with Crippen LogP contribution < -0.4 is 9.55 Å². The van der Waals surface area contributed by atoms with Gasteiger partial charge in [-0.15, -0.1) is 0 Å². The van der Waals surface area contributed by atoms with E-state index in [4.69, 9.17) is 9.84 Å². The molecule has 5 nitrogen and oxygen atoms in total. The first kappa shape index (κ1) is 11.2. The Hall–Kier alpha value is -1.27. The molecule has 0 aromatic carbocycles. The number of rotatable bonds is 3. The molecule has 0 saturated carbocycles. The zero-order valence-electron chi connectivity index (χ0n) is 9.26. The highest BCUT2D eigenvalue weighted by Gasteiger charge is 2.25. The number of ether oxygens (including phenoxy) is 1. The summed E-state index contributed by atoms with van der Waals surface area (Å²) < 4.78 is 5.46. The van der Waals surface area contributed by atoms with Crippen molar-refractivity contribution in [3.63, 3.8) is 0 Å². The van der Waals surface area contributed by atoms with Gasteiger partial charge in [0.05, 0.1) is 0 Å². The lowest BCUT2D eigenvalue weighted by Crippen LogP contribution is -2.43. The van der Waals surface area contributed by atoms with Gasteiger partial charge in [-0.2, -0.15) is 0 Å². The maximum atomic E-state index is 9.63. The Morgan fingerprint density at radius 3 is 3.06 bits per heavy atom. The molecule has 2 rings (SSSR count). The number of aliphatic hydroxyl groups is 1. The molecule has 0 saturated heterocycles. The van der Waals surface area contributed by atoms with E-state index in [1.54, 1.807) is 11.6 Å². The lowest BCUT2D eigenvalue weighted by atomic mass is 9.84. The zero-order chi connectivity index (χ0) is 11.5. The minimum atomic E-state index is -0.584. The van der Waals surface area contributed by atoms with E-state index in [-0.39, 0.29) is 6.61 Å². The third kappa shape index (κ3) is 2.12. The summed E-state index contributed by atoms with van der Waals surface area (Å²) in [4.78, 5) is 6.18. The van der Waals surface area contributed by atoms with Crippen LogP contribution in [-0.4, -0.2) is 41.9 Å². The van der Waals surface area contributed by atoms with Gasteiger partial charge in [-0.25, -0.2) is 4.98 Å². The van der Waals surface area contributed by atoms with Crippen molar-refractivity contribution in [2.24, 2.45) is 0 Å². The summed E-state index contributed by atoms with van der Waals surface area (Å²) in [5.74, 6) is 1.35. The highest BCUT2D eigenvalue weighted by molar-refractivity contribution is 6.53. The van der Waals surface area contributed by atoms with Gasteiger partial charge in [0, 0.05) is 25.3 Å². The SMILES string of the molecule is CB(O)N1CCOc2ccc(CCO)nc21. The molecule has 0 bridgehead atoms. The van der Waals surface area contributed by atoms with Crippen LogP contribution in [0.15, 0.2) is 12.1 Å². The number of aliphatic hydroxyl groups excluding tert-OH is 1.